The smallest absolute Gasteiger partial charge is 0.194 e. The first kappa shape index (κ1) is 15.9. The topological polar surface area (TPSA) is 0 Å². The van der Waals surface area contributed by atoms with Gasteiger partial charge in [-0.2, -0.15) is 0 Å². The Balaban J connectivity index is 2.37. The van der Waals surface area contributed by atoms with Crippen molar-refractivity contribution in [1.82, 2.24) is 0 Å². The fourth-order valence-electron chi connectivity index (χ4n) is 2.07. The summed E-state index contributed by atoms with van der Waals surface area (Å²) in [5.41, 5.74) is 1.67. The van der Waals surface area contributed by atoms with E-state index in [2.05, 4.69) is 20.8 Å². The van der Waals surface area contributed by atoms with Crippen LogP contribution in [0.2, 0.25) is 0 Å². The molecular weight excluding hydrogens is 297 g/mol. The molecule has 21 heavy (non-hydrogen) atoms. The van der Waals surface area contributed by atoms with Crippen LogP contribution in [0.1, 0.15) is 42.8 Å². The summed E-state index contributed by atoms with van der Waals surface area (Å²) in [4.78, 5) is 0. The molecule has 0 amide bonds. The van der Waals surface area contributed by atoms with Gasteiger partial charge < -0.3 is 0 Å². The first-order chi connectivity index (χ1) is 9.71. The molecule has 2 rings (SSSR count). The van der Waals surface area contributed by atoms with Crippen LogP contribution < -0.4 is 0 Å². The summed E-state index contributed by atoms with van der Waals surface area (Å²) in [6.07, 6.45) is 0. The third-order valence-electron chi connectivity index (χ3n) is 3.41. The highest BCUT2D eigenvalue weighted by atomic mass is 35.5. The van der Waals surface area contributed by atoms with Gasteiger partial charge in [0.25, 0.3) is 0 Å². The lowest BCUT2D eigenvalue weighted by Gasteiger charge is -2.20. The van der Waals surface area contributed by atoms with E-state index in [0.717, 1.165) is 11.6 Å². The number of benzene rings is 2. The summed E-state index contributed by atoms with van der Waals surface area (Å²) in [5.74, 6) is -3.96. The zero-order valence-electron chi connectivity index (χ0n) is 12.1. The Morgan fingerprint density at radius 1 is 0.857 bits per heavy atom. The number of alkyl halides is 1. The molecule has 0 aliphatic carbocycles. The summed E-state index contributed by atoms with van der Waals surface area (Å²) >= 11 is 6.20. The van der Waals surface area contributed by atoms with Crippen LogP contribution in [-0.4, -0.2) is 0 Å². The van der Waals surface area contributed by atoms with E-state index in [4.69, 9.17) is 11.6 Å². The molecular formula is C17H16ClF3. The van der Waals surface area contributed by atoms with E-state index in [0.29, 0.717) is 5.56 Å². The van der Waals surface area contributed by atoms with Gasteiger partial charge in [-0.3, -0.25) is 0 Å². The van der Waals surface area contributed by atoms with Crippen molar-refractivity contribution in [3.8, 4) is 0 Å². The minimum Gasteiger partial charge on any atom is -0.204 e. The zero-order valence-corrected chi connectivity index (χ0v) is 12.8. The van der Waals surface area contributed by atoms with Gasteiger partial charge in [0.15, 0.2) is 17.5 Å². The molecule has 0 fully saturated rings. The minimum absolute atomic E-state index is 0.00638. The largest absolute Gasteiger partial charge is 0.204 e. The number of hydrogen-bond donors (Lipinski definition) is 0. The van der Waals surface area contributed by atoms with Gasteiger partial charge in [-0.1, -0.05) is 51.1 Å². The van der Waals surface area contributed by atoms with Crippen molar-refractivity contribution in [1.29, 1.82) is 0 Å². The van der Waals surface area contributed by atoms with Crippen molar-refractivity contribution in [2.24, 2.45) is 0 Å². The fourth-order valence-corrected chi connectivity index (χ4v) is 2.38. The molecule has 0 saturated heterocycles. The third-order valence-corrected chi connectivity index (χ3v) is 3.89. The van der Waals surface area contributed by atoms with E-state index in [9.17, 15) is 13.2 Å². The van der Waals surface area contributed by atoms with Crippen molar-refractivity contribution in [2.45, 2.75) is 31.6 Å². The Hall–Kier alpha value is -1.48. The Kier molecular flexibility index (Phi) is 4.33. The van der Waals surface area contributed by atoms with Crippen molar-refractivity contribution in [2.75, 3.05) is 0 Å². The van der Waals surface area contributed by atoms with E-state index in [1.807, 2.05) is 12.1 Å². The van der Waals surface area contributed by atoms with Crippen molar-refractivity contribution < 1.29 is 13.2 Å². The number of halogens is 4. The van der Waals surface area contributed by atoms with Gasteiger partial charge in [0.05, 0.1) is 5.38 Å². The normalized spacial score (nSPS) is 13.3. The van der Waals surface area contributed by atoms with Crippen LogP contribution in [0.3, 0.4) is 0 Å². The van der Waals surface area contributed by atoms with Crippen molar-refractivity contribution >= 4 is 11.6 Å². The molecule has 1 atom stereocenters. The maximum Gasteiger partial charge on any atom is 0.194 e. The first-order valence-corrected chi connectivity index (χ1v) is 7.03. The predicted octanol–water partition coefficient (Wildman–Crippen LogP) is 5.73. The van der Waals surface area contributed by atoms with E-state index in [1.54, 1.807) is 12.1 Å². The second kappa shape index (κ2) is 5.72. The van der Waals surface area contributed by atoms with Crippen LogP contribution in [0.15, 0.2) is 36.4 Å². The van der Waals surface area contributed by atoms with Gasteiger partial charge in [0.1, 0.15) is 0 Å². The molecule has 0 heterocycles. The Labute approximate surface area is 127 Å². The van der Waals surface area contributed by atoms with Crippen LogP contribution in [0.25, 0.3) is 0 Å². The molecule has 0 bridgehead atoms. The molecule has 112 valence electrons. The van der Waals surface area contributed by atoms with E-state index < -0.39 is 22.8 Å². The first-order valence-electron chi connectivity index (χ1n) is 6.59. The summed E-state index contributed by atoms with van der Waals surface area (Å²) in [5, 5.41) is -0.867. The molecule has 0 saturated carbocycles. The highest BCUT2D eigenvalue weighted by molar-refractivity contribution is 6.22. The van der Waals surface area contributed by atoms with Gasteiger partial charge >= 0.3 is 0 Å². The van der Waals surface area contributed by atoms with Crippen LogP contribution >= 0.6 is 11.6 Å². The molecule has 0 aliphatic heterocycles. The summed E-state index contributed by atoms with van der Waals surface area (Å²) in [7, 11) is 0. The standard InChI is InChI=1S/C17H16ClF3/c1-17(2,3)11-6-4-10(5-7-11)14(18)12-8-9-13(19)16(21)15(12)20/h4-9,14H,1-3H3. The lowest BCUT2D eigenvalue weighted by Crippen LogP contribution is -2.11. The SMILES string of the molecule is CC(C)(C)c1ccc(C(Cl)c2ccc(F)c(F)c2F)cc1. The fraction of sp³-hybridized carbons (Fsp3) is 0.294. The predicted molar refractivity (Wildman–Crippen MR) is 79.2 cm³/mol. The summed E-state index contributed by atoms with van der Waals surface area (Å²) < 4.78 is 40.0. The summed E-state index contributed by atoms with van der Waals surface area (Å²) in [6.45, 7) is 6.24. The van der Waals surface area contributed by atoms with Crippen LogP contribution in [0, 0.1) is 17.5 Å². The summed E-state index contributed by atoms with van der Waals surface area (Å²) in [6, 6.07) is 9.42. The van der Waals surface area contributed by atoms with Gasteiger partial charge in [0.2, 0.25) is 0 Å². The quantitative estimate of drug-likeness (QED) is 0.491. The molecule has 0 nitrogen and oxygen atoms in total. The average molecular weight is 313 g/mol. The second-order valence-electron chi connectivity index (χ2n) is 6.00. The number of rotatable bonds is 2. The van der Waals surface area contributed by atoms with E-state index >= 15 is 0 Å². The van der Waals surface area contributed by atoms with Crippen LogP contribution in [0.5, 0.6) is 0 Å². The highest BCUT2D eigenvalue weighted by Crippen LogP contribution is 2.33. The maximum absolute atomic E-state index is 13.8. The zero-order chi connectivity index (χ0) is 15.8. The third kappa shape index (κ3) is 3.24. The van der Waals surface area contributed by atoms with Gasteiger partial charge in [-0.25, -0.2) is 13.2 Å². The Morgan fingerprint density at radius 3 is 1.95 bits per heavy atom. The molecule has 2 aromatic carbocycles. The van der Waals surface area contributed by atoms with Gasteiger partial charge in [-0.15, -0.1) is 11.6 Å². The maximum atomic E-state index is 13.8. The molecule has 0 spiro atoms. The molecule has 4 heteroatoms. The van der Waals surface area contributed by atoms with E-state index in [-0.39, 0.29) is 11.0 Å². The monoisotopic (exact) mass is 312 g/mol. The molecule has 2 aromatic rings. The number of hydrogen-bond acceptors (Lipinski definition) is 0. The lowest BCUT2D eigenvalue weighted by molar-refractivity contribution is 0.441. The molecule has 0 aliphatic rings. The minimum atomic E-state index is -1.50. The van der Waals surface area contributed by atoms with E-state index in [1.165, 1.54) is 6.07 Å². The Morgan fingerprint density at radius 2 is 1.43 bits per heavy atom. The lowest BCUT2D eigenvalue weighted by atomic mass is 9.86. The molecule has 0 radical (unpaired) electrons. The second-order valence-corrected chi connectivity index (χ2v) is 6.44. The van der Waals surface area contributed by atoms with Gasteiger partial charge in [0, 0.05) is 5.56 Å². The van der Waals surface area contributed by atoms with Crippen LogP contribution in [0.4, 0.5) is 13.2 Å². The molecule has 0 aromatic heterocycles. The van der Waals surface area contributed by atoms with Crippen LogP contribution in [-0.2, 0) is 5.41 Å². The van der Waals surface area contributed by atoms with Crippen molar-refractivity contribution in [3.63, 3.8) is 0 Å². The average Bonchev–Trinajstić information content (AvgIpc) is 2.43. The highest BCUT2D eigenvalue weighted by Gasteiger charge is 2.21. The van der Waals surface area contributed by atoms with Crippen molar-refractivity contribution in [3.05, 3.63) is 70.5 Å². The Bertz CT molecular complexity index is 642. The molecule has 1 unspecified atom stereocenters. The van der Waals surface area contributed by atoms with Gasteiger partial charge in [-0.05, 0) is 22.6 Å². The molecule has 0 N–H and O–H groups in total.